The van der Waals surface area contributed by atoms with E-state index in [2.05, 4.69) is 20.9 Å². The van der Waals surface area contributed by atoms with Gasteiger partial charge >= 0.3 is 0 Å². The standard InChI is InChI=1S/C21H19ClN4O3S/c1-12(27)24-16-7-15(8-17(10-16)25-13(2)28)20(29)26-21-23-11-18(30-21)9-14-5-3-4-6-19(14)22/h3-8,10-11H,9H2,1-2H3,(H,24,27)(H,25,28)(H,23,26,29). The molecule has 0 saturated heterocycles. The number of nitrogens with zero attached hydrogens (tertiary/aromatic N) is 1. The van der Waals surface area contributed by atoms with Crippen LogP contribution in [-0.2, 0) is 16.0 Å². The maximum atomic E-state index is 12.7. The van der Waals surface area contributed by atoms with Crippen molar-refractivity contribution in [3.8, 4) is 0 Å². The highest BCUT2D eigenvalue weighted by molar-refractivity contribution is 7.15. The van der Waals surface area contributed by atoms with Crippen LogP contribution < -0.4 is 16.0 Å². The minimum absolute atomic E-state index is 0.271. The van der Waals surface area contributed by atoms with Crippen molar-refractivity contribution in [2.24, 2.45) is 0 Å². The lowest BCUT2D eigenvalue weighted by molar-refractivity contribution is -0.115. The van der Waals surface area contributed by atoms with Crippen LogP contribution in [0, 0.1) is 0 Å². The summed E-state index contributed by atoms with van der Waals surface area (Å²) in [4.78, 5) is 40.7. The van der Waals surface area contributed by atoms with Crippen LogP contribution in [0.4, 0.5) is 16.5 Å². The fourth-order valence-electron chi connectivity index (χ4n) is 2.76. The molecular formula is C21H19ClN4O3S. The average molecular weight is 443 g/mol. The summed E-state index contributed by atoms with van der Waals surface area (Å²) in [5.74, 6) is -0.983. The summed E-state index contributed by atoms with van der Waals surface area (Å²) in [6, 6.07) is 12.2. The fraction of sp³-hybridized carbons (Fsp3) is 0.143. The Morgan fingerprint density at radius 3 is 2.20 bits per heavy atom. The molecule has 30 heavy (non-hydrogen) atoms. The second kappa shape index (κ2) is 9.51. The predicted molar refractivity (Wildman–Crippen MR) is 119 cm³/mol. The summed E-state index contributed by atoms with van der Waals surface area (Å²) >= 11 is 7.55. The van der Waals surface area contributed by atoms with Crippen LogP contribution in [0.2, 0.25) is 5.02 Å². The Morgan fingerprint density at radius 1 is 0.967 bits per heavy atom. The molecule has 0 fully saturated rings. The molecule has 3 N–H and O–H groups in total. The normalized spacial score (nSPS) is 10.4. The third-order valence-corrected chi connectivity index (χ3v) is 5.21. The zero-order valence-electron chi connectivity index (χ0n) is 16.3. The van der Waals surface area contributed by atoms with E-state index in [4.69, 9.17) is 11.6 Å². The van der Waals surface area contributed by atoms with Crippen LogP contribution in [0.5, 0.6) is 0 Å². The maximum Gasteiger partial charge on any atom is 0.257 e. The number of halogens is 1. The van der Waals surface area contributed by atoms with Gasteiger partial charge in [0.15, 0.2) is 5.13 Å². The van der Waals surface area contributed by atoms with Crippen molar-refractivity contribution in [1.29, 1.82) is 0 Å². The Labute approximate surface area is 182 Å². The van der Waals surface area contributed by atoms with Gasteiger partial charge in [0.05, 0.1) is 0 Å². The van der Waals surface area contributed by atoms with Crippen molar-refractivity contribution < 1.29 is 14.4 Å². The van der Waals surface area contributed by atoms with E-state index in [1.807, 2.05) is 24.3 Å². The van der Waals surface area contributed by atoms with E-state index >= 15 is 0 Å². The molecule has 0 spiro atoms. The van der Waals surface area contributed by atoms with Gasteiger partial charge in [0, 0.05) is 53.3 Å². The largest absolute Gasteiger partial charge is 0.326 e. The highest BCUT2D eigenvalue weighted by Gasteiger charge is 2.13. The van der Waals surface area contributed by atoms with E-state index in [9.17, 15) is 14.4 Å². The van der Waals surface area contributed by atoms with E-state index in [-0.39, 0.29) is 17.4 Å². The van der Waals surface area contributed by atoms with Crippen molar-refractivity contribution in [3.63, 3.8) is 0 Å². The molecule has 0 saturated carbocycles. The molecule has 3 amide bonds. The molecule has 9 heteroatoms. The third-order valence-electron chi connectivity index (χ3n) is 3.93. The van der Waals surface area contributed by atoms with Crippen LogP contribution >= 0.6 is 22.9 Å². The lowest BCUT2D eigenvalue weighted by Gasteiger charge is -2.10. The molecule has 1 aromatic heterocycles. The van der Waals surface area contributed by atoms with Gasteiger partial charge in [0.1, 0.15) is 0 Å². The topological polar surface area (TPSA) is 100 Å². The van der Waals surface area contributed by atoms with Crippen LogP contribution in [0.1, 0.15) is 34.6 Å². The summed E-state index contributed by atoms with van der Waals surface area (Å²) < 4.78 is 0. The number of aromatic nitrogens is 1. The minimum Gasteiger partial charge on any atom is -0.326 e. The van der Waals surface area contributed by atoms with Gasteiger partial charge in [-0.1, -0.05) is 29.8 Å². The first-order valence-corrected chi connectivity index (χ1v) is 10.2. The Balaban J connectivity index is 1.77. The van der Waals surface area contributed by atoms with Crippen molar-refractivity contribution in [1.82, 2.24) is 4.98 Å². The van der Waals surface area contributed by atoms with Gasteiger partial charge in [-0.15, -0.1) is 11.3 Å². The SMILES string of the molecule is CC(=O)Nc1cc(NC(C)=O)cc(C(=O)Nc2ncc(Cc3ccccc3Cl)s2)c1. The number of benzene rings is 2. The van der Waals surface area contributed by atoms with Crippen molar-refractivity contribution >= 4 is 57.2 Å². The second-order valence-electron chi connectivity index (χ2n) is 6.52. The van der Waals surface area contributed by atoms with E-state index < -0.39 is 5.91 Å². The molecular weight excluding hydrogens is 424 g/mol. The minimum atomic E-state index is -0.410. The van der Waals surface area contributed by atoms with E-state index in [1.165, 1.54) is 37.3 Å². The van der Waals surface area contributed by atoms with E-state index in [0.717, 1.165) is 10.4 Å². The fourth-order valence-corrected chi connectivity index (χ4v) is 3.79. The number of thiazole rings is 1. The molecule has 2 aromatic carbocycles. The molecule has 0 bridgehead atoms. The van der Waals surface area contributed by atoms with Crippen molar-refractivity contribution in [2.75, 3.05) is 16.0 Å². The quantitative estimate of drug-likeness (QED) is 0.521. The van der Waals surface area contributed by atoms with Gasteiger partial charge in [-0.05, 0) is 29.8 Å². The number of hydrogen-bond acceptors (Lipinski definition) is 5. The van der Waals surface area contributed by atoms with Gasteiger partial charge < -0.3 is 10.6 Å². The third kappa shape index (κ3) is 5.88. The Morgan fingerprint density at radius 2 is 1.60 bits per heavy atom. The predicted octanol–water partition coefficient (Wildman–Crippen LogP) is 4.56. The van der Waals surface area contributed by atoms with Crippen LogP contribution in [-0.4, -0.2) is 22.7 Å². The summed E-state index contributed by atoms with van der Waals surface area (Å²) in [7, 11) is 0. The number of hydrogen-bond donors (Lipinski definition) is 3. The molecule has 7 nitrogen and oxygen atoms in total. The monoisotopic (exact) mass is 442 g/mol. The number of carbonyl (C=O) groups excluding carboxylic acids is 3. The summed E-state index contributed by atoms with van der Waals surface area (Å²) in [6.07, 6.45) is 2.30. The van der Waals surface area contributed by atoms with Gasteiger partial charge in [0.25, 0.3) is 5.91 Å². The number of rotatable bonds is 6. The zero-order chi connectivity index (χ0) is 21.7. The van der Waals surface area contributed by atoms with Crippen LogP contribution in [0.25, 0.3) is 0 Å². The molecule has 0 radical (unpaired) electrons. The molecule has 3 rings (SSSR count). The highest BCUT2D eigenvalue weighted by atomic mass is 35.5. The molecule has 3 aromatic rings. The molecule has 1 heterocycles. The first kappa shape index (κ1) is 21.5. The molecule has 0 atom stereocenters. The van der Waals surface area contributed by atoms with Gasteiger partial charge in [-0.2, -0.15) is 0 Å². The molecule has 154 valence electrons. The molecule has 0 unspecified atom stereocenters. The number of amides is 3. The highest BCUT2D eigenvalue weighted by Crippen LogP contribution is 2.26. The summed E-state index contributed by atoms with van der Waals surface area (Å²) in [5, 5.41) is 9.10. The lowest BCUT2D eigenvalue weighted by atomic mass is 10.1. The molecule has 0 aliphatic carbocycles. The van der Waals surface area contributed by atoms with Crippen molar-refractivity contribution in [2.45, 2.75) is 20.3 Å². The average Bonchev–Trinajstić information content (AvgIpc) is 3.09. The second-order valence-corrected chi connectivity index (χ2v) is 8.04. The molecule has 0 aliphatic rings. The smallest absolute Gasteiger partial charge is 0.257 e. The number of nitrogens with one attached hydrogen (secondary N) is 3. The van der Waals surface area contributed by atoms with Crippen LogP contribution in [0.3, 0.4) is 0 Å². The van der Waals surface area contributed by atoms with Crippen LogP contribution in [0.15, 0.2) is 48.7 Å². The maximum absolute atomic E-state index is 12.7. The van der Waals surface area contributed by atoms with Crippen molar-refractivity contribution in [3.05, 3.63) is 69.7 Å². The van der Waals surface area contributed by atoms with Gasteiger partial charge in [-0.25, -0.2) is 4.98 Å². The Hall–Kier alpha value is -3.23. The molecule has 0 aliphatic heterocycles. The van der Waals surface area contributed by atoms with Gasteiger partial charge in [-0.3, -0.25) is 19.7 Å². The van der Waals surface area contributed by atoms with Gasteiger partial charge in [0.2, 0.25) is 11.8 Å². The number of carbonyl (C=O) groups is 3. The zero-order valence-corrected chi connectivity index (χ0v) is 17.9. The lowest BCUT2D eigenvalue weighted by Crippen LogP contribution is -2.15. The first-order valence-electron chi connectivity index (χ1n) is 9.00. The number of anilines is 3. The Bertz CT molecular complexity index is 1080. The summed E-state index contributed by atoms with van der Waals surface area (Å²) in [5.41, 5.74) is 2.05. The van der Waals surface area contributed by atoms with E-state index in [0.29, 0.717) is 27.9 Å². The summed E-state index contributed by atoms with van der Waals surface area (Å²) in [6.45, 7) is 2.72. The first-order chi connectivity index (χ1) is 14.3. The van der Waals surface area contributed by atoms with E-state index in [1.54, 1.807) is 12.3 Å². The Kier molecular flexibility index (Phi) is 6.81.